The molecule has 0 radical (unpaired) electrons. The van der Waals surface area contributed by atoms with E-state index in [4.69, 9.17) is 14.2 Å². The van der Waals surface area contributed by atoms with Crippen molar-refractivity contribution < 1.29 is 38.2 Å². The maximum Gasteiger partial charge on any atom is 0.408 e. The van der Waals surface area contributed by atoms with Gasteiger partial charge in [-0.1, -0.05) is 80.9 Å². The van der Waals surface area contributed by atoms with Gasteiger partial charge in [0.2, 0.25) is 5.91 Å². The van der Waals surface area contributed by atoms with Crippen molar-refractivity contribution in [1.82, 2.24) is 16.0 Å². The Morgan fingerprint density at radius 2 is 1.48 bits per heavy atom. The second-order valence-corrected chi connectivity index (χ2v) is 10.3. The Kier molecular flexibility index (Phi) is 12.3. The minimum atomic E-state index is -1.03. The molecule has 5 atom stereocenters. The van der Waals surface area contributed by atoms with Gasteiger partial charge in [0.05, 0.1) is 0 Å². The maximum absolute atomic E-state index is 12.9. The van der Waals surface area contributed by atoms with Gasteiger partial charge in [0.15, 0.2) is 6.10 Å². The van der Waals surface area contributed by atoms with E-state index in [1.165, 1.54) is 6.92 Å². The molecule has 3 rings (SSSR count). The summed E-state index contributed by atoms with van der Waals surface area (Å²) >= 11 is 0. The Morgan fingerprint density at radius 3 is 2.05 bits per heavy atom. The smallest absolute Gasteiger partial charge is 0.408 e. The van der Waals surface area contributed by atoms with Crippen LogP contribution >= 0.6 is 0 Å². The first-order valence-corrected chi connectivity index (χ1v) is 14.2. The van der Waals surface area contributed by atoms with E-state index in [1.54, 1.807) is 12.1 Å². The third-order valence-electron chi connectivity index (χ3n) is 7.09. The van der Waals surface area contributed by atoms with Crippen molar-refractivity contribution in [2.45, 2.75) is 71.4 Å². The van der Waals surface area contributed by atoms with Crippen LogP contribution < -0.4 is 16.0 Å². The molecule has 42 heavy (non-hydrogen) atoms. The van der Waals surface area contributed by atoms with E-state index in [1.807, 2.05) is 62.4 Å². The van der Waals surface area contributed by atoms with Gasteiger partial charge in [-0.3, -0.25) is 14.4 Å². The van der Waals surface area contributed by atoms with E-state index in [2.05, 4.69) is 16.0 Å². The monoisotopic (exact) mass is 581 g/mol. The fraction of sp³-hybridized carbons (Fsp3) is 0.452. The molecule has 0 spiro atoms. The van der Waals surface area contributed by atoms with Gasteiger partial charge in [-0.05, 0) is 36.8 Å². The molecule has 1 fully saturated rings. The van der Waals surface area contributed by atoms with Crippen molar-refractivity contribution in [3.63, 3.8) is 0 Å². The van der Waals surface area contributed by atoms with Gasteiger partial charge in [0.25, 0.3) is 5.91 Å². The number of carbonyl (C=O) groups excluding carboxylic acids is 5. The van der Waals surface area contributed by atoms with E-state index in [9.17, 15) is 24.0 Å². The first-order chi connectivity index (χ1) is 20.2. The summed E-state index contributed by atoms with van der Waals surface area (Å²) in [5.41, 5.74) is 1.58. The summed E-state index contributed by atoms with van der Waals surface area (Å²) in [6.45, 7) is 5.57. The van der Waals surface area contributed by atoms with Crippen LogP contribution in [0.4, 0.5) is 4.79 Å². The molecule has 2 aromatic carbocycles. The fourth-order valence-electron chi connectivity index (χ4n) is 4.33. The van der Waals surface area contributed by atoms with Crippen LogP contribution in [0.2, 0.25) is 0 Å². The van der Waals surface area contributed by atoms with E-state index in [0.717, 1.165) is 17.5 Å². The lowest BCUT2D eigenvalue weighted by molar-refractivity contribution is -0.193. The van der Waals surface area contributed by atoms with Crippen molar-refractivity contribution in [3.05, 3.63) is 71.8 Å². The van der Waals surface area contributed by atoms with Gasteiger partial charge in [0.1, 0.15) is 31.2 Å². The third kappa shape index (κ3) is 9.60. The number of carbonyl (C=O) groups is 5. The Labute approximate surface area is 245 Å². The number of benzene rings is 2. The molecule has 0 bridgehead atoms. The molecular weight excluding hydrogens is 542 g/mol. The van der Waals surface area contributed by atoms with Crippen LogP contribution in [0.15, 0.2) is 60.7 Å². The van der Waals surface area contributed by atoms with E-state index < -0.39 is 42.1 Å². The van der Waals surface area contributed by atoms with Crippen molar-refractivity contribution in [3.8, 4) is 0 Å². The summed E-state index contributed by atoms with van der Waals surface area (Å²) in [6.07, 6.45) is -0.377. The summed E-state index contributed by atoms with van der Waals surface area (Å²) in [5.74, 6) is -2.47. The van der Waals surface area contributed by atoms with Gasteiger partial charge >= 0.3 is 18.0 Å². The standard InChI is InChI=1S/C31H39N3O8/c1-4-20(2)25-26(42-30(25)38)28(36)32-17-11-16-24(29(37)40-18-22-12-7-5-8-13-22)34-27(35)21(3)33-31(39)41-19-23-14-9-6-10-15-23/h5-10,12-15,20-21,24-26H,4,11,16-19H2,1-3H3,(H,32,36)(H,33,39)(H,34,35)/t20-,21-,24+,25+,26+/m1/s1. The number of hydrogen-bond acceptors (Lipinski definition) is 8. The summed E-state index contributed by atoms with van der Waals surface area (Å²) in [6, 6.07) is 16.2. The van der Waals surface area contributed by atoms with Crippen LogP contribution in [0.5, 0.6) is 0 Å². The fourth-order valence-corrected chi connectivity index (χ4v) is 4.33. The van der Waals surface area contributed by atoms with Gasteiger partial charge in [-0.2, -0.15) is 0 Å². The topological polar surface area (TPSA) is 149 Å². The number of nitrogens with one attached hydrogen (secondary N) is 3. The predicted molar refractivity (Wildman–Crippen MR) is 152 cm³/mol. The van der Waals surface area contributed by atoms with Crippen LogP contribution in [-0.2, 0) is 46.6 Å². The molecule has 1 saturated heterocycles. The molecule has 226 valence electrons. The molecule has 11 heteroatoms. The van der Waals surface area contributed by atoms with Crippen LogP contribution in [0, 0.1) is 11.8 Å². The van der Waals surface area contributed by atoms with Gasteiger partial charge < -0.3 is 30.2 Å². The summed E-state index contributed by atoms with van der Waals surface area (Å²) < 4.78 is 15.7. The number of hydrogen-bond donors (Lipinski definition) is 3. The zero-order valence-electron chi connectivity index (χ0n) is 24.2. The highest BCUT2D eigenvalue weighted by Gasteiger charge is 2.49. The lowest BCUT2D eigenvalue weighted by Crippen LogP contribution is -2.56. The Morgan fingerprint density at radius 1 is 0.881 bits per heavy atom. The number of alkyl carbamates (subject to hydrolysis) is 1. The van der Waals surface area contributed by atoms with Crippen LogP contribution in [-0.4, -0.2) is 54.6 Å². The normalized spacial score (nSPS) is 17.8. The highest BCUT2D eigenvalue weighted by atomic mass is 16.6. The summed E-state index contributed by atoms with van der Waals surface area (Å²) in [7, 11) is 0. The van der Waals surface area contributed by atoms with Crippen molar-refractivity contribution >= 4 is 29.8 Å². The van der Waals surface area contributed by atoms with Crippen LogP contribution in [0.25, 0.3) is 0 Å². The average Bonchev–Trinajstić information content (AvgIpc) is 2.99. The SMILES string of the molecule is CC[C@@H](C)[C@@H]1C(=O)O[C@@H]1C(=O)NCCC[C@H](NC(=O)[C@@H](C)NC(=O)OCc1ccccc1)C(=O)OCc1ccccc1. The van der Waals surface area contributed by atoms with E-state index in [-0.39, 0.29) is 44.0 Å². The molecular formula is C31H39N3O8. The van der Waals surface area contributed by atoms with Crippen LogP contribution in [0.1, 0.15) is 51.2 Å². The van der Waals surface area contributed by atoms with Crippen LogP contribution in [0.3, 0.4) is 0 Å². The Balaban J connectivity index is 1.51. The summed E-state index contributed by atoms with van der Waals surface area (Å²) in [5, 5.41) is 7.83. The third-order valence-corrected chi connectivity index (χ3v) is 7.09. The summed E-state index contributed by atoms with van der Waals surface area (Å²) in [4.78, 5) is 62.4. The minimum Gasteiger partial charge on any atom is -0.459 e. The number of ether oxygens (including phenoxy) is 3. The number of amides is 3. The zero-order chi connectivity index (χ0) is 30.5. The van der Waals surface area contributed by atoms with Gasteiger partial charge in [-0.15, -0.1) is 0 Å². The van der Waals surface area contributed by atoms with Gasteiger partial charge in [-0.25, -0.2) is 9.59 Å². The maximum atomic E-state index is 12.9. The second-order valence-electron chi connectivity index (χ2n) is 10.3. The molecule has 1 heterocycles. The zero-order valence-corrected chi connectivity index (χ0v) is 24.2. The highest BCUT2D eigenvalue weighted by Crippen LogP contribution is 2.31. The average molecular weight is 582 g/mol. The molecule has 2 aromatic rings. The van der Waals surface area contributed by atoms with Gasteiger partial charge in [0, 0.05) is 6.54 Å². The number of rotatable bonds is 15. The molecule has 0 aliphatic carbocycles. The van der Waals surface area contributed by atoms with Crippen molar-refractivity contribution in [1.29, 1.82) is 0 Å². The molecule has 1 aliphatic rings. The molecule has 0 aromatic heterocycles. The molecule has 1 aliphatic heterocycles. The van der Waals surface area contributed by atoms with Crippen molar-refractivity contribution in [2.24, 2.45) is 11.8 Å². The predicted octanol–water partition coefficient (Wildman–Crippen LogP) is 3.01. The molecule has 3 N–H and O–H groups in total. The molecule has 0 saturated carbocycles. The highest BCUT2D eigenvalue weighted by molar-refractivity contribution is 5.94. The lowest BCUT2D eigenvalue weighted by Gasteiger charge is -2.37. The van der Waals surface area contributed by atoms with E-state index >= 15 is 0 Å². The number of cyclic esters (lactones) is 1. The molecule has 3 amide bonds. The quantitative estimate of drug-likeness (QED) is 0.165. The lowest BCUT2D eigenvalue weighted by atomic mass is 9.83. The largest absolute Gasteiger partial charge is 0.459 e. The second kappa shape index (κ2) is 16.1. The first-order valence-electron chi connectivity index (χ1n) is 14.2. The molecule has 0 unspecified atom stereocenters. The minimum absolute atomic E-state index is 0.0203. The first kappa shape index (κ1) is 32.1. The molecule has 11 nitrogen and oxygen atoms in total. The Bertz CT molecular complexity index is 1210. The Hall–Kier alpha value is -4.41. The van der Waals surface area contributed by atoms with Crippen molar-refractivity contribution in [2.75, 3.05) is 6.54 Å². The van der Waals surface area contributed by atoms with E-state index in [0.29, 0.717) is 6.42 Å². The number of esters is 2.